The molecule has 2 aliphatic carbocycles. The van der Waals surface area contributed by atoms with E-state index in [4.69, 9.17) is 0 Å². The van der Waals surface area contributed by atoms with E-state index in [2.05, 4.69) is 35.8 Å². The minimum absolute atomic E-state index is 0.00991. The summed E-state index contributed by atoms with van der Waals surface area (Å²) < 4.78 is 28.1. The van der Waals surface area contributed by atoms with Crippen LogP contribution in [0.25, 0.3) is 0 Å². The van der Waals surface area contributed by atoms with Crippen molar-refractivity contribution in [2.24, 2.45) is 23.7 Å². The Kier molecular flexibility index (Phi) is 11.3. The summed E-state index contributed by atoms with van der Waals surface area (Å²) >= 11 is 0. The molecule has 4 rings (SSSR count). The molecule has 228 valence electrons. The number of fused-ring (bicyclic) bond motifs is 2. The molecule has 0 aliphatic heterocycles. The third kappa shape index (κ3) is 7.84. The highest BCUT2D eigenvalue weighted by Gasteiger charge is 2.52. The largest absolute Gasteiger partial charge is 0.390 e. The number of aliphatic hydroxyl groups excluding tert-OH is 1. The summed E-state index contributed by atoms with van der Waals surface area (Å²) in [5.41, 5.74) is 2.63. The van der Waals surface area contributed by atoms with Gasteiger partial charge in [-0.1, -0.05) is 57.2 Å². The third-order valence-corrected chi connectivity index (χ3v) is 8.60. The van der Waals surface area contributed by atoms with Crippen LogP contribution in [0.4, 0.5) is 8.78 Å². The predicted molar refractivity (Wildman–Crippen MR) is 160 cm³/mol. The van der Waals surface area contributed by atoms with Crippen LogP contribution >= 0.6 is 0 Å². The van der Waals surface area contributed by atoms with Gasteiger partial charge >= 0.3 is 0 Å². The van der Waals surface area contributed by atoms with Crippen LogP contribution < -0.4 is 10.6 Å². The molecular formula is C34H45F2N3O3. The first-order valence-electron chi connectivity index (χ1n) is 15.4. The van der Waals surface area contributed by atoms with Crippen LogP contribution in [0.5, 0.6) is 0 Å². The van der Waals surface area contributed by atoms with Crippen LogP contribution in [0, 0.1) is 35.3 Å². The van der Waals surface area contributed by atoms with E-state index in [1.807, 2.05) is 37.0 Å². The van der Waals surface area contributed by atoms with Crippen LogP contribution in [0.1, 0.15) is 56.7 Å². The maximum Gasteiger partial charge on any atom is 0.227 e. The summed E-state index contributed by atoms with van der Waals surface area (Å²) in [6, 6.07) is 10.6. The number of aryl methyl sites for hydroxylation is 1. The fourth-order valence-corrected chi connectivity index (χ4v) is 6.61. The lowest BCUT2D eigenvalue weighted by Gasteiger charge is -2.33. The number of carbonyl (C=O) groups excluding carboxylic acids is 2. The van der Waals surface area contributed by atoms with Crippen molar-refractivity contribution in [2.75, 3.05) is 19.6 Å². The molecule has 0 radical (unpaired) electrons. The maximum absolute atomic E-state index is 14.0. The van der Waals surface area contributed by atoms with Crippen molar-refractivity contribution in [1.82, 2.24) is 15.5 Å². The van der Waals surface area contributed by atoms with Gasteiger partial charge in [0.25, 0.3) is 0 Å². The topological polar surface area (TPSA) is 81.7 Å². The molecule has 8 heteroatoms. The number of halogens is 2. The summed E-state index contributed by atoms with van der Waals surface area (Å²) in [6.45, 7) is 8.16. The van der Waals surface area contributed by atoms with Gasteiger partial charge in [0.2, 0.25) is 11.8 Å². The Morgan fingerprint density at radius 3 is 2.21 bits per heavy atom. The van der Waals surface area contributed by atoms with E-state index < -0.39 is 35.6 Å². The zero-order chi connectivity index (χ0) is 30.2. The van der Waals surface area contributed by atoms with Gasteiger partial charge in [-0.2, -0.15) is 0 Å². The number of allylic oxidation sites excluding steroid dienone is 2. The van der Waals surface area contributed by atoms with Crippen molar-refractivity contribution in [3.63, 3.8) is 0 Å². The third-order valence-electron chi connectivity index (χ3n) is 8.60. The molecule has 6 atom stereocenters. The van der Waals surface area contributed by atoms with Crippen molar-refractivity contribution < 1.29 is 23.5 Å². The first-order chi connectivity index (χ1) is 20.2. The molecule has 1 fully saturated rings. The number of rotatable bonds is 15. The van der Waals surface area contributed by atoms with Gasteiger partial charge in [-0.25, -0.2) is 8.78 Å². The Bertz CT molecular complexity index is 1230. The highest BCUT2D eigenvalue weighted by molar-refractivity contribution is 5.90. The van der Waals surface area contributed by atoms with E-state index in [0.717, 1.165) is 37.3 Å². The van der Waals surface area contributed by atoms with Gasteiger partial charge in [0.05, 0.1) is 24.0 Å². The van der Waals surface area contributed by atoms with Crippen molar-refractivity contribution >= 4 is 11.8 Å². The highest BCUT2D eigenvalue weighted by Crippen LogP contribution is 2.49. The second kappa shape index (κ2) is 14.9. The highest BCUT2D eigenvalue weighted by atomic mass is 19.1. The Hall–Kier alpha value is -3.10. The second-order valence-corrected chi connectivity index (χ2v) is 11.8. The molecule has 0 spiro atoms. The molecule has 2 bridgehead atoms. The van der Waals surface area contributed by atoms with Crippen molar-refractivity contribution in [2.45, 2.75) is 71.6 Å². The van der Waals surface area contributed by atoms with Gasteiger partial charge in [-0.15, -0.1) is 0 Å². The fourth-order valence-electron chi connectivity index (χ4n) is 6.61. The summed E-state index contributed by atoms with van der Waals surface area (Å²) in [5, 5.41) is 17.5. The van der Waals surface area contributed by atoms with Crippen molar-refractivity contribution in [3.8, 4) is 0 Å². The van der Waals surface area contributed by atoms with Crippen LogP contribution in [-0.4, -0.2) is 53.6 Å². The summed E-state index contributed by atoms with van der Waals surface area (Å²) in [7, 11) is 0. The van der Waals surface area contributed by atoms with Gasteiger partial charge in [-0.3, -0.25) is 9.59 Å². The average molecular weight is 582 g/mol. The maximum atomic E-state index is 14.0. The zero-order valence-electron chi connectivity index (χ0n) is 25.0. The van der Waals surface area contributed by atoms with Gasteiger partial charge in [0.15, 0.2) is 0 Å². The quantitative estimate of drug-likeness (QED) is 0.264. The van der Waals surface area contributed by atoms with Gasteiger partial charge in [-0.05, 0) is 72.8 Å². The summed E-state index contributed by atoms with van der Waals surface area (Å²) in [5.74, 6) is -2.76. The fraction of sp³-hybridized carbons (Fsp3) is 0.529. The molecule has 3 N–H and O–H groups in total. The standard InChI is InChI=1S/C34H45F2N3O3/c1-4-12-39(13-5-2)34(42)32-26-11-10-25(18-26)31(32)33(41)38-29(17-24-15-27(35)19-28(36)16-24)30(40)21-37-20-23-9-7-8-22(6-3)14-23/h7-11,14-16,19,25-26,29-32,37,40H,4-6,12-13,17-18,20-21H2,1-3H3,(H,38,41)/t25?,26?,29-,30+,31?,32?/m1/s1. The molecule has 2 amide bonds. The van der Waals surface area contributed by atoms with Crippen molar-refractivity contribution in [1.29, 1.82) is 0 Å². The van der Waals surface area contributed by atoms with E-state index in [1.54, 1.807) is 0 Å². The van der Waals surface area contributed by atoms with Crippen molar-refractivity contribution in [3.05, 3.63) is 82.9 Å². The van der Waals surface area contributed by atoms with Gasteiger partial charge in [0.1, 0.15) is 11.6 Å². The normalized spacial score (nSPS) is 22.2. The smallest absolute Gasteiger partial charge is 0.227 e. The number of amides is 2. The van der Waals surface area contributed by atoms with E-state index in [0.29, 0.717) is 25.2 Å². The van der Waals surface area contributed by atoms with Crippen LogP contribution in [0.15, 0.2) is 54.6 Å². The molecule has 2 aromatic rings. The summed E-state index contributed by atoms with van der Waals surface area (Å²) in [4.78, 5) is 29.5. The molecule has 1 saturated carbocycles. The molecule has 2 aliphatic rings. The van der Waals surface area contributed by atoms with E-state index in [9.17, 15) is 23.5 Å². The van der Waals surface area contributed by atoms with E-state index in [-0.39, 0.29) is 36.6 Å². The molecule has 0 saturated heterocycles. The van der Waals surface area contributed by atoms with E-state index >= 15 is 0 Å². The first-order valence-corrected chi connectivity index (χ1v) is 15.4. The molecule has 4 unspecified atom stereocenters. The van der Waals surface area contributed by atoms with Crippen LogP contribution in [0.3, 0.4) is 0 Å². The minimum Gasteiger partial charge on any atom is -0.390 e. The molecule has 6 nitrogen and oxygen atoms in total. The Morgan fingerprint density at radius 1 is 0.929 bits per heavy atom. The summed E-state index contributed by atoms with van der Waals surface area (Å²) in [6.07, 6.45) is 6.46. The molecule has 2 aromatic carbocycles. The minimum atomic E-state index is -1.03. The lowest BCUT2D eigenvalue weighted by molar-refractivity contribution is -0.143. The number of benzene rings is 2. The Morgan fingerprint density at radius 2 is 1.57 bits per heavy atom. The van der Waals surface area contributed by atoms with Crippen LogP contribution in [0.2, 0.25) is 0 Å². The number of nitrogens with zero attached hydrogens (tertiary/aromatic N) is 1. The zero-order valence-corrected chi connectivity index (χ0v) is 25.0. The lowest BCUT2D eigenvalue weighted by atomic mass is 9.81. The number of hydrogen-bond donors (Lipinski definition) is 3. The molecular weight excluding hydrogens is 536 g/mol. The van der Waals surface area contributed by atoms with Gasteiger partial charge < -0.3 is 20.6 Å². The molecule has 0 aromatic heterocycles. The number of nitrogens with one attached hydrogen (secondary N) is 2. The van der Waals surface area contributed by atoms with Crippen LogP contribution in [-0.2, 0) is 29.0 Å². The first kappa shape index (κ1) is 31.8. The van der Waals surface area contributed by atoms with E-state index in [1.165, 1.54) is 17.7 Å². The Labute approximate surface area is 248 Å². The number of hydrogen-bond acceptors (Lipinski definition) is 4. The lowest BCUT2D eigenvalue weighted by Crippen LogP contribution is -2.53. The Balaban J connectivity index is 1.50. The second-order valence-electron chi connectivity index (χ2n) is 11.8. The SMILES string of the molecule is CCCN(CCC)C(=O)C1C2C=CC(C2)C1C(=O)N[C@H](Cc1cc(F)cc(F)c1)[C@@H](O)CNCc1cccc(CC)c1. The monoisotopic (exact) mass is 581 g/mol. The predicted octanol–water partition coefficient (Wildman–Crippen LogP) is 4.79. The molecule has 42 heavy (non-hydrogen) atoms. The van der Waals surface area contributed by atoms with Gasteiger partial charge in [0, 0.05) is 32.2 Å². The number of carbonyl (C=O) groups is 2. The number of aliphatic hydroxyl groups is 1. The molecule has 0 heterocycles. The average Bonchev–Trinajstić information content (AvgIpc) is 3.58.